The third kappa shape index (κ3) is 2.41. The van der Waals surface area contributed by atoms with Crippen LogP contribution in [0, 0.1) is 19.8 Å². The molecule has 1 aromatic carbocycles. The van der Waals surface area contributed by atoms with Crippen molar-refractivity contribution in [2.75, 3.05) is 6.61 Å². The Hall–Kier alpha value is -1.57. The lowest BCUT2D eigenvalue weighted by Crippen LogP contribution is -2.05. The number of cyclic esters (lactones) is 1. The molecule has 1 fully saturated rings. The molecule has 0 bridgehead atoms. The second-order valence-electron chi connectivity index (χ2n) is 4.73. The number of esters is 1. The zero-order chi connectivity index (χ0) is 12.4. The monoisotopic (exact) mass is 230 g/mol. The van der Waals surface area contributed by atoms with Crippen molar-refractivity contribution in [3.8, 4) is 0 Å². The van der Waals surface area contributed by atoms with Crippen LogP contribution in [0.25, 0.3) is 0 Å². The van der Waals surface area contributed by atoms with E-state index < -0.39 is 0 Å². The van der Waals surface area contributed by atoms with Crippen LogP contribution in [-0.4, -0.2) is 12.6 Å². The van der Waals surface area contributed by atoms with Gasteiger partial charge in [0.15, 0.2) is 0 Å². The molecule has 0 amide bonds. The first-order chi connectivity index (χ1) is 8.09. The van der Waals surface area contributed by atoms with Crippen LogP contribution in [0.15, 0.2) is 30.4 Å². The zero-order valence-electron chi connectivity index (χ0n) is 10.5. The highest BCUT2D eigenvalue weighted by Crippen LogP contribution is 2.26. The fourth-order valence-corrected chi connectivity index (χ4v) is 2.36. The SMILES string of the molecule is C=C1C(=O)OC[C@@H]1CCc1c(C)cccc1C. The summed E-state index contributed by atoms with van der Waals surface area (Å²) in [5.41, 5.74) is 4.66. The van der Waals surface area contributed by atoms with Gasteiger partial charge >= 0.3 is 5.97 Å². The van der Waals surface area contributed by atoms with Crippen molar-refractivity contribution in [3.63, 3.8) is 0 Å². The average molecular weight is 230 g/mol. The first-order valence-electron chi connectivity index (χ1n) is 6.00. The van der Waals surface area contributed by atoms with E-state index in [-0.39, 0.29) is 11.9 Å². The van der Waals surface area contributed by atoms with Crippen LogP contribution in [0.2, 0.25) is 0 Å². The minimum atomic E-state index is -0.225. The molecule has 17 heavy (non-hydrogen) atoms. The van der Waals surface area contributed by atoms with Crippen LogP contribution in [0.5, 0.6) is 0 Å². The fraction of sp³-hybridized carbons (Fsp3) is 0.400. The minimum Gasteiger partial charge on any atom is -0.462 e. The van der Waals surface area contributed by atoms with Gasteiger partial charge in [-0.1, -0.05) is 24.8 Å². The lowest BCUT2D eigenvalue weighted by atomic mass is 9.92. The molecule has 0 radical (unpaired) electrons. The largest absolute Gasteiger partial charge is 0.462 e. The van der Waals surface area contributed by atoms with Gasteiger partial charge in [-0.15, -0.1) is 0 Å². The molecule has 1 aliphatic rings. The van der Waals surface area contributed by atoms with Gasteiger partial charge in [0.2, 0.25) is 0 Å². The number of hydrogen-bond donors (Lipinski definition) is 0. The van der Waals surface area contributed by atoms with Gasteiger partial charge in [-0.2, -0.15) is 0 Å². The number of carbonyl (C=O) groups excluding carboxylic acids is 1. The molecule has 2 rings (SSSR count). The number of ether oxygens (including phenoxy) is 1. The summed E-state index contributed by atoms with van der Waals surface area (Å²) in [6.07, 6.45) is 1.93. The van der Waals surface area contributed by atoms with Crippen LogP contribution >= 0.6 is 0 Å². The van der Waals surface area contributed by atoms with Gasteiger partial charge in [-0.3, -0.25) is 0 Å². The van der Waals surface area contributed by atoms with Gasteiger partial charge in [-0.25, -0.2) is 4.79 Å². The van der Waals surface area contributed by atoms with E-state index in [0.717, 1.165) is 12.8 Å². The molecule has 0 saturated carbocycles. The van der Waals surface area contributed by atoms with Crippen LogP contribution in [0.4, 0.5) is 0 Å². The van der Waals surface area contributed by atoms with Gasteiger partial charge in [0.25, 0.3) is 0 Å². The van der Waals surface area contributed by atoms with Crippen molar-refractivity contribution in [2.45, 2.75) is 26.7 Å². The molecule has 0 unspecified atom stereocenters. The number of carbonyl (C=O) groups is 1. The predicted octanol–water partition coefficient (Wildman–Crippen LogP) is 2.97. The number of rotatable bonds is 3. The van der Waals surface area contributed by atoms with Crippen molar-refractivity contribution in [2.24, 2.45) is 5.92 Å². The van der Waals surface area contributed by atoms with Gasteiger partial charge in [0.05, 0.1) is 6.61 Å². The van der Waals surface area contributed by atoms with Crippen LogP contribution in [-0.2, 0) is 16.0 Å². The second-order valence-corrected chi connectivity index (χ2v) is 4.73. The van der Waals surface area contributed by atoms with Crippen molar-refractivity contribution < 1.29 is 9.53 Å². The Balaban J connectivity index is 2.03. The molecule has 2 heteroatoms. The van der Waals surface area contributed by atoms with Crippen LogP contribution in [0.1, 0.15) is 23.1 Å². The van der Waals surface area contributed by atoms with E-state index in [2.05, 4.69) is 38.6 Å². The van der Waals surface area contributed by atoms with E-state index in [0.29, 0.717) is 12.2 Å². The maximum Gasteiger partial charge on any atom is 0.333 e. The molecule has 0 aromatic heterocycles. The molecule has 1 heterocycles. The van der Waals surface area contributed by atoms with Gasteiger partial charge in [0.1, 0.15) is 0 Å². The summed E-state index contributed by atoms with van der Waals surface area (Å²) in [4.78, 5) is 11.2. The van der Waals surface area contributed by atoms with Crippen molar-refractivity contribution in [3.05, 3.63) is 47.0 Å². The van der Waals surface area contributed by atoms with Crippen LogP contribution in [0.3, 0.4) is 0 Å². The number of benzene rings is 1. The van der Waals surface area contributed by atoms with Crippen LogP contribution < -0.4 is 0 Å². The summed E-state index contributed by atoms with van der Waals surface area (Å²) in [5.74, 6) is -0.0296. The molecule has 0 spiro atoms. The first-order valence-corrected chi connectivity index (χ1v) is 6.00. The predicted molar refractivity (Wildman–Crippen MR) is 67.8 cm³/mol. The van der Waals surface area contributed by atoms with E-state index in [1.165, 1.54) is 16.7 Å². The van der Waals surface area contributed by atoms with Crippen molar-refractivity contribution in [1.29, 1.82) is 0 Å². The molecular formula is C15H18O2. The minimum absolute atomic E-state index is 0.196. The molecule has 0 aliphatic carbocycles. The van der Waals surface area contributed by atoms with Gasteiger partial charge in [-0.05, 0) is 43.4 Å². The number of hydrogen-bond acceptors (Lipinski definition) is 2. The summed E-state index contributed by atoms with van der Waals surface area (Å²) in [5, 5.41) is 0. The molecule has 1 atom stereocenters. The Morgan fingerprint density at radius 3 is 2.53 bits per heavy atom. The smallest absolute Gasteiger partial charge is 0.333 e. The maximum absolute atomic E-state index is 11.2. The molecule has 1 saturated heterocycles. The van der Waals surface area contributed by atoms with E-state index >= 15 is 0 Å². The standard InChI is InChI=1S/C15H18O2/c1-10-5-4-6-11(2)14(10)8-7-13-9-17-15(16)12(13)3/h4-6,13H,3,7-9H2,1-2H3/t13-/m0/s1. The Kier molecular flexibility index (Phi) is 3.32. The average Bonchev–Trinajstić information content (AvgIpc) is 2.60. The normalized spacial score (nSPS) is 19.5. The van der Waals surface area contributed by atoms with E-state index in [4.69, 9.17) is 4.74 Å². The summed E-state index contributed by atoms with van der Waals surface area (Å²) in [6, 6.07) is 6.34. The number of aryl methyl sites for hydroxylation is 2. The first kappa shape index (κ1) is 11.9. The Morgan fingerprint density at radius 2 is 2.00 bits per heavy atom. The molecule has 90 valence electrons. The third-order valence-corrected chi connectivity index (χ3v) is 3.56. The zero-order valence-corrected chi connectivity index (χ0v) is 10.5. The van der Waals surface area contributed by atoms with E-state index in [9.17, 15) is 4.79 Å². The summed E-state index contributed by atoms with van der Waals surface area (Å²) < 4.78 is 4.99. The van der Waals surface area contributed by atoms with Gasteiger partial charge in [0, 0.05) is 11.5 Å². The van der Waals surface area contributed by atoms with E-state index in [1.807, 2.05) is 0 Å². The molecule has 1 aromatic rings. The highest BCUT2D eigenvalue weighted by molar-refractivity contribution is 5.90. The third-order valence-electron chi connectivity index (χ3n) is 3.56. The molecule has 0 N–H and O–H groups in total. The summed E-state index contributed by atoms with van der Waals surface area (Å²) in [7, 11) is 0. The Morgan fingerprint density at radius 1 is 1.35 bits per heavy atom. The lowest BCUT2D eigenvalue weighted by Gasteiger charge is -2.12. The molecular weight excluding hydrogens is 212 g/mol. The Labute approximate surface area is 102 Å². The highest BCUT2D eigenvalue weighted by atomic mass is 16.5. The van der Waals surface area contributed by atoms with Crippen molar-refractivity contribution >= 4 is 5.97 Å². The lowest BCUT2D eigenvalue weighted by molar-refractivity contribution is -0.135. The van der Waals surface area contributed by atoms with Crippen molar-refractivity contribution in [1.82, 2.24) is 0 Å². The topological polar surface area (TPSA) is 26.3 Å². The maximum atomic E-state index is 11.2. The van der Waals surface area contributed by atoms with E-state index in [1.54, 1.807) is 0 Å². The Bertz CT molecular complexity index is 440. The summed E-state index contributed by atoms with van der Waals surface area (Å²) >= 11 is 0. The molecule has 1 aliphatic heterocycles. The summed E-state index contributed by atoms with van der Waals surface area (Å²) in [6.45, 7) is 8.57. The fourth-order valence-electron chi connectivity index (χ4n) is 2.36. The quantitative estimate of drug-likeness (QED) is 0.589. The highest BCUT2D eigenvalue weighted by Gasteiger charge is 2.28. The second kappa shape index (κ2) is 4.74. The van der Waals surface area contributed by atoms with Gasteiger partial charge < -0.3 is 4.74 Å². The molecule has 2 nitrogen and oxygen atoms in total.